The zero-order valence-electron chi connectivity index (χ0n) is 13.1. The largest absolute Gasteiger partial charge is 0.328 e. The molecule has 3 N–H and O–H groups in total. The highest BCUT2D eigenvalue weighted by Crippen LogP contribution is 2.28. The Labute approximate surface area is 159 Å². The lowest BCUT2D eigenvalue weighted by Crippen LogP contribution is -2.13. The first kappa shape index (κ1) is 17.7. The van der Waals surface area contributed by atoms with Crippen LogP contribution in [0.4, 0.5) is 11.6 Å². The molecule has 0 saturated heterocycles. The number of hydrogen-bond donors (Lipinski definition) is 3. The van der Waals surface area contributed by atoms with E-state index in [1.165, 1.54) is 11.9 Å². The van der Waals surface area contributed by atoms with Gasteiger partial charge < -0.3 is 9.71 Å². The summed E-state index contributed by atoms with van der Waals surface area (Å²) in [6.45, 7) is 1.87. The van der Waals surface area contributed by atoms with E-state index in [0.717, 1.165) is 16.3 Å². The Morgan fingerprint density at radius 2 is 2.00 bits per heavy atom. The molecule has 1 aromatic heterocycles. The summed E-state index contributed by atoms with van der Waals surface area (Å²) in [4.78, 5) is 20.2. The average Bonchev–Trinajstić information content (AvgIpc) is 3.01. The number of nitrogens with one attached hydrogen (secondary N) is 3. The van der Waals surface area contributed by atoms with Crippen LogP contribution in [0.3, 0.4) is 0 Å². The van der Waals surface area contributed by atoms with E-state index in [0.29, 0.717) is 21.6 Å². The second-order valence-corrected chi connectivity index (χ2v) is 6.92. The molecule has 0 saturated carbocycles. The molecular formula is C17H14Cl2N4OS. The Morgan fingerprint density at radius 1 is 1.16 bits per heavy atom. The molecule has 0 atom stereocenters. The number of amides is 1. The summed E-state index contributed by atoms with van der Waals surface area (Å²) in [5.74, 6) is 0.184. The smallest absolute Gasteiger partial charge is 0.258 e. The third-order valence-corrected chi connectivity index (χ3v) is 4.80. The lowest BCUT2D eigenvalue weighted by Gasteiger charge is -2.08. The van der Waals surface area contributed by atoms with Crippen LogP contribution in [-0.4, -0.2) is 15.9 Å². The first-order valence-electron chi connectivity index (χ1n) is 7.32. The van der Waals surface area contributed by atoms with Gasteiger partial charge in [0, 0.05) is 28.0 Å². The zero-order chi connectivity index (χ0) is 17.8. The number of anilines is 2. The number of carbonyl (C=O) groups is 1. The number of halogens is 2. The summed E-state index contributed by atoms with van der Waals surface area (Å²) in [6.07, 6.45) is 1.65. The van der Waals surface area contributed by atoms with E-state index < -0.39 is 0 Å². The maximum absolute atomic E-state index is 12.3. The first-order chi connectivity index (χ1) is 12.0. The number of nitrogens with zero attached hydrogens (tertiary/aromatic N) is 1. The Morgan fingerprint density at radius 3 is 2.72 bits per heavy atom. The van der Waals surface area contributed by atoms with Crippen molar-refractivity contribution in [3.63, 3.8) is 0 Å². The predicted molar refractivity (Wildman–Crippen MR) is 104 cm³/mol. The topological polar surface area (TPSA) is 69.8 Å². The van der Waals surface area contributed by atoms with E-state index in [-0.39, 0.29) is 5.91 Å². The standard InChI is InChI=1S/C17H14Cl2N4OS/c1-10-9-20-17(21-10)22-16(24)11-3-2-4-12(7-11)23-25-13-5-6-14(18)15(19)8-13/h2-9,23H,1H3,(H2,20,21,22,24). The van der Waals surface area contributed by atoms with E-state index in [4.69, 9.17) is 23.2 Å². The molecule has 25 heavy (non-hydrogen) atoms. The molecule has 0 aliphatic carbocycles. The highest BCUT2D eigenvalue weighted by atomic mass is 35.5. The monoisotopic (exact) mass is 392 g/mol. The van der Waals surface area contributed by atoms with Gasteiger partial charge in [0.05, 0.1) is 10.0 Å². The molecule has 0 spiro atoms. The van der Waals surface area contributed by atoms with Gasteiger partial charge in [-0.1, -0.05) is 29.3 Å². The molecule has 0 aliphatic rings. The molecule has 3 aromatic rings. The minimum absolute atomic E-state index is 0.238. The molecule has 8 heteroatoms. The highest BCUT2D eigenvalue weighted by molar-refractivity contribution is 8.00. The number of carbonyl (C=O) groups excluding carboxylic acids is 1. The molecule has 5 nitrogen and oxygen atoms in total. The number of benzene rings is 2. The molecule has 3 rings (SSSR count). The van der Waals surface area contributed by atoms with Crippen LogP contribution < -0.4 is 10.0 Å². The highest BCUT2D eigenvalue weighted by Gasteiger charge is 2.09. The van der Waals surface area contributed by atoms with Gasteiger partial charge in [-0.2, -0.15) is 0 Å². The molecule has 0 radical (unpaired) electrons. The zero-order valence-corrected chi connectivity index (χ0v) is 15.5. The van der Waals surface area contributed by atoms with Gasteiger partial charge in [0.25, 0.3) is 5.91 Å². The Bertz CT molecular complexity index is 913. The van der Waals surface area contributed by atoms with Gasteiger partial charge in [-0.25, -0.2) is 4.98 Å². The van der Waals surface area contributed by atoms with Crippen molar-refractivity contribution in [2.24, 2.45) is 0 Å². The minimum Gasteiger partial charge on any atom is -0.328 e. The third kappa shape index (κ3) is 4.69. The Hall–Kier alpha value is -2.15. The summed E-state index contributed by atoms with van der Waals surface area (Å²) in [5, 5.41) is 3.73. The minimum atomic E-state index is -0.238. The van der Waals surface area contributed by atoms with E-state index in [1.807, 2.05) is 19.1 Å². The quantitative estimate of drug-likeness (QED) is 0.508. The summed E-state index contributed by atoms with van der Waals surface area (Å²) < 4.78 is 3.18. The molecule has 0 aliphatic heterocycles. The first-order valence-corrected chi connectivity index (χ1v) is 8.89. The second kappa shape index (κ2) is 7.82. The fourth-order valence-electron chi connectivity index (χ4n) is 2.04. The van der Waals surface area contributed by atoms with Crippen molar-refractivity contribution in [3.8, 4) is 0 Å². The number of aromatic nitrogens is 2. The molecule has 1 amide bonds. The number of hydrogen-bond acceptors (Lipinski definition) is 4. The number of aryl methyl sites for hydroxylation is 1. The van der Waals surface area contributed by atoms with Gasteiger partial charge in [0.1, 0.15) is 0 Å². The summed E-state index contributed by atoms with van der Waals surface area (Å²) in [5.41, 5.74) is 2.19. The summed E-state index contributed by atoms with van der Waals surface area (Å²) in [7, 11) is 0. The fraction of sp³-hybridized carbons (Fsp3) is 0.0588. The van der Waals surface area contributed by atoms with Gasteiger partial charge in [0.15, 0.2) is 0 Å². The summed E-state index contributed by atoms with van der Waals surface area (Å²) in [6, 6.07) is 12.6. The molecule has 2 aromatic carbocycles. The van der Waals surface area contributed by atoms with Crippen LogP contribution in [0, 0.1) is 6.92 Å². The number of aromatic amines is 1. The van der Waals surface area contributed by atoms with Crippen molar-refractivity contribution >= 4 is 52.7 Å². The lowest BCUT2D eigenvalue weighted by atomic mass is 10.2. The van der Waals surface area contributed by atoms with E-state index in [1.54, 1.807) is 36.5 Å². The van der Waals surface area contributed by atoms with Gasteiger partial charge in [-0.05, 0) is 55.3 Å². The van der Waals surface area contributed by atoms with Crippen LogP contribution in [0.25, 0.3) is 0 Å². The van der Waals surface area contributed by atoms with Crippen molar-refractivity contribution in [2.45, 2.75) is 11.8 Å². The molecular weight excluding hydrogens is 379 g/mol. The Kier molecular flexibility index (Phi) is 5.53. The van der Waals surface area contributed by atoms with Crippen molar-refractivity contribution in [1.82, 2.24) is 9.97 Å². The van der Waals surface area contributed by atoms with Crippen LogP contribution in [0.1, 0.15) is 16.1 Å². The third-order valence-electron chi connectivity index (χ3n) is 3.24. The van der Waals surface area contributed by atoms with Crippen LogP contribution in [0.15, 0.2) is 53.6 Å². The van der Waals surface area contributed by atoms with E-state index in [2.05, 4.69) is 20.0 Å². The maximum atomic E-state index is 12.3. The van der Waals surface area contributed by atoms with Gasteiger partial charge in [-0.15, -0.1) is 0 Å². The van der Waals surface area contributed by atoms with Crippen molar-refractivity contribution < 1.29 is 4.79 Å². The van der Waals surface area contributed by atoms with E-state index in [9.17, 15) is 4.79 Å². The van der Waals surface area contributed by atoms with Crippen LogP contribution in [-0.2, 0) is 0 Å². The fourth-order valence-corrected chi connectivity index (χ4v) is 3.08. The summed E-state index contributed by atoms with van der Waals surface area (Å²) >= 11 is 13.3. The molecule has 128 valence electrons. The van der Waals surface area contributed by atoms with Gasteiger partial charge in [0.2, 0.25) is 5.95 Å². The normalized spacial score (nSPS) is 10.5. The number of H-pyrrole nitrogens is 1. The molecule has 1 heterocycles. The average molecular weight is 393 g/mol. The van der Waals surface area contributed by atoms with Crippen LogP contribution in [0.2, 0.25) is 10.0 Å². The van der Waals surface area contributed by atoms with Gasteiger partial charge in [-0.3, -0.25) is 10.1 Å². The Balaban J connectivity index is 1.66. The van der Waals surface area contributed by atoms with Crippen LogP contribution >= 0.6 is 35.1 Å². The SMILES string of the molecule is Cc1cnc(NC(=O)c2cccc(NSc3ccc(Cl)c(Cl)c3)c2)[nH]1. The molecule has 0 unspecified atom stereocenters. The van der Waals surface area contributed by atoms with Crippen LogP contribution in [0.5, 0.6) is 0 Å². The van der Waals surface area contributed by atoms with E-state index >= 15 is 0 Å². The van der Waals surface area contributed by atoms with Crippen molar-refractivity contribution in [3.05, 3.63) is 70.0 Å². The molecule has 0 bridgehead atoms. The lowest BCUT2D eigenvalue weighted by molar-refractivity contribution is 0.102. The maximum Gasteiger partial charge on any atom is 0.258 e. The van der Waals surface area contributed by atoms with Gasteiger partial charge >= 0.3 is 0 Å². The molecule has 0 fully saturated rings. The number of rotatable bonds is 5. The number of imidazole rings is 1. The van der Waals surface area contributed by atoms with Crippen molar-refractivity contribution in [2.75, 3.05) is 10.0 Å². The second-order valence-electron chi connectivity index (χ2n) is 5.23. The van der Waals surface area contributed by atoms with Crippen molar-refractivity contribution in [1.29, 1.82) is 0 Å². The predicted octanol–water partition coefficient (Wildman–Crippen LogP) is 5.40.